The van der Waals surface area contributed by atoms with E-state index in [4.69, 9.17) is 11.6 Å². The van der Waals surface area contributed by atoms with Gasteiger partial charge >= 0.3 is 6.18 Å². The molecular weight excluding hydrogens is 313 g/mol. The van der Waals surface area contributed by atoms with Crippen LogP contribution >= 0.6 is 23.4 Å². The number of hydrogen-bond donors (Lipinski definition) is 0. The van der Waals surface area contributed by atoms with E-state index >= 15 is 0 Å². The van der Waals surface area contributed by atoms with E-state index in [1.54, 1.807) is 18.2 Å². The predicted octanol–water partition coefficient (Wildman–Crippen LogP) is 3.68. The molecule has 0 bridgehead atoms. The summed E-state index contributed by atoms with van der Waals surface area (Å²) in [7, 11) is 0. The second-order valence-electron chi connectivity index (χ2n) is 3.80. The van der Waals surface area contributed by atoms with Crippen molar-refractivity contribution in [2.45, 2.75) is 17.0 Å². The summed E-state index contributed by atoms with van der Waals surface area (Å²) in [4.78, 5) is 3.71. The lowest BCUT2D eigenvalue weighted by Gasteiger charge is -2.09. The van der Waals surface area contributed by atoms with Crippen molar-refractivity contribution in [1.29, 1.82) is 0 Å². The number of nitrogens with zero attached hydrogens (tertiary/aromatic N) is 2. The molecule has 0 saturated heterocycles. The Hall–Kier alpha value is -1.47. The van der Waals surface area contributed by atoms with Gasteiger partial charge in [0.1, 0.15) is 0 Å². The summed E-state index contributed by atoms with van der Waals surface area (Å²) < 4.78 is 38.0. The van der Waals surface area contributed by atoms with Gasteiger partial charge < -0.3 is 5.21 Å². The Bertz CT molecular complexity index is 622. The standard InChI is InChI=1S/C12H8ClF3N2OS/c13-9-5-8(12(14,15)16)6-17-10(9)7-20-11-3-1-2-4-18(11)19/h1-6H,7H2. The monoisotopic (exact) mass is 320 g/mol. The lowest BCUT2D eigenvalue weighted by Crippen LogP contribution is -2.27. The van der Waals surface area contributed by atoms with E-state index in [0.29, 0.717) is 15.5 Å². The smallest absolute Gasteiger partial charge is 0.417 e. The first-order valence-corrected chi connectivity index (χ1v) is 6.77. The molecule has 0 spiro atoms. The van der Waals surface area contributed by atoms with Crippen molar-refractivity contribution in [3.05, 3.63) is 58.1 Å². The molecule has 0 aromatic carbocycles. The van der Waals surface area contributed by atoms with Crippen LogP contribution in [0.5, 0.6) is 0 Å². The minimum absolute atomic E-state index is 0.0688. The van der Waals surface area contributed by atoms with Gasteiger partial charge in [-0.25, -0.2) is 0 Å². The van der Waals surface area contributed by atoms with Crippen molar-refractivity contribution < 1.29 is 17.9 Å². The summed E-state index contributed by atoms with van der Waals surface area (Å²) in [5, 5.41) is 11.8. The van der Waals surface area contributed by atoms with E-state index in [0.717, 1.165) is 24.0 Å². The first kappa shape index (κ1) is 14.9. The maximum absolute atomic E-state index is 12.5. The van der Waals surface area contributed by atoms with Crippen molar-refractivity contribution in [3.63, 3.8) is 0 Å². The molecule has 0 amide bonds. The first-order chi connectivity index (χ1) is 9.38. The molecule has 2 aromatic heterocycles. The fourth-order valence-electron chi connectivity index (χ4n) is 1.39. The van der Waals surface area contributed by atoms with E-state index in [1.807, 2.05) is 0 Å². The molecule has 106 valence electrons. The van der Waals surface area contributed by atoms with E-state index in [-0.39, 0.29) is 10.8 Å². The number of alkyl halides is 3. The highest BCUT2D eigenvalue weighted by atomic mass is 35.5. The molecule has 0 fully saturated rings. The van der Waals surface area contributed by atoms with E-state index in [2.05, 4.69) is 4.98 Å². The van der Waals surface area contributed by atoms with Gasteiger partial charge in [-0.1, -0.05) is 11.6 Å². The Balaban J connectivity index is 2.13. The molecule has 0 aliphatic carbocycles. The maximum atomic E-state index is 12.5. The number of halogens is 4. The summed E-state index contributed by atoms with van der Waals surface area (Å²) in [5.41, 5.74) is -0.594. The average Bonchev–Trinajstić information content (AvgIpc) is 2.38. The second-order valence-corrected chi connectivity index (χ2v) is 5.21. The van der Waals surface area contributed by atoms with Crippen molar-refractivity contribution >= 4 is 23.4 Å². The zero-order valence-corrected chi connectivity index (χ0v) is 11.5. The van der Waals surface area contributed by atoms with Crippen molar-refractivity contribution in [2.75, 3.05) is 0 Å². The van der Waals surface area contributed by atoms with Crippen LogP contribution in [0.4, 0.5) is 13.2 Å². The van der Waals surface area contributed by atoms with E-state index in [1.165, 1.54) is 6.20 Å². The van der Waals surface area contributed by atoms with E-state index in [9.17, 15) is 18.4 Å². The summed E-state index contributed by atoms with van der Waals surface area (Å²) >= 11 is 6.93. The number of aromatic nitrogens is 2. The first-order valence-electron chi connectivity index (χ1n) is 5.40. The molecule has 0 unspecified atom stereocenters. The molecule has 0 aliphatic rings. The zero-order valence-electron chi connectivity index (χ0n) is 9.89. The second kappa shape index (κ2) is 5.88. The quantitative estimate of drug-likeness (QED) is 0.492. The van der Waals surface area contributed by atoms with Crippen molar-refractivity contribution in [3.8, 4) is 0 Å². The molecule has 8 heteroatoms. The molecule has 2 heterocycles. The Labute approximate surface area is 122 Å². The van der Waals surface area contributed by atoms with Crippen LogP contribution in [-0.2, 0) is 11.9 Å². The third-order valence-electron chi connectivity index (χ3n) is 2.39. The average molecular weight is 321 g/mol. The van der Waals surface area contributed by atoms with Crippen LogP contribution < -0.4 is 4.73 Å². The molecular formula is C12H8ClF3N2OS. The number of hydrogen-bond acceptors (Lipinski definition) is 3. The van der Waals surface area contributed by atoms with Gasteiger partial charge in [-0.2, -0.15) is 17.9 Å². The van der Waals surface area contributed by atoms with Gasteiger partial charge in [0.15, 0.2) is 6.20 Å². The van der Waals surface area contributed by atoms with Crippen LogP contribution in [-0.4, -0.2) is 4.98 Å². The van der Waals surface area contributed by atoms with Crippen LogP contribution in [0.15, 0.2) is 41.7 Å². The van der Waals surface area contributed by atoms with Crippen molar-refractivity contribution in [2.24, 2.45) is 0 Å². The number of rotatable bonds is 3. The van der Waals surface area contributed by atoms with Crippen LogP contribution in [0.1, 0.15) is 11.3 Å². The zero-order chi connectivity index (χ0) is 14.8. The minimum Gasteiger partial charge on any atom is -0.618 e. The van der Waals surface area contributed by atoms with Gasteiger partial charge in [0.05, 0.1) is 16.3 Å². The fourth-order valence-corrected chi connectivity index (χ4v) is 2.58. The fraction of sp³-hybridized carbons (Fsp3) is 0.167. The molecule has 0 N–H and O–H groups in total. The maximum Gasteiger partial charge on any atom is 0.417 e. The normalized spacial score (nSPS) is 11.6. The Morgan fingerprint density at radius 2 is 2.10 bits per heavy atom. The topological polar surface area (TPSA) is 39.8 Å². The molecule has 0 radical (unpaired) electrons. The lowest BCUT2D eigenvalue weighted by atomic mass is 10.2. The van der Waals surface area contributed by atoms with Gasteiger partial charge in [-0.3, -0.25) is 4.98 Å². The molecule has 0 atom stereocenters. The van der Waals surface area contributed by atoms with Crippen LogP contribution in [0, 0.1) is 5.21 Å². The minimum atomic E-state index is -4.47. The molecule has 0 saturated carbocycles. The van der Waals surface area contributed by atoms with Crippen LogP contribution in [0.25, 0.3) is 0 Å². The van der Waals surface area contributed by atoms with E-state index < -0.39 is 11.7 Å². The summed E-state index contributed by atoms with van der Waals surface area (Å²) in [6, 6.07) is 5.72. The van der Waals surface area contributed by atoms with Gasteiger partial charge in [0.25, 0.3) is 5.03 Å². The molecule has 3 nitrogen and oxygen atoms in total. The molecule has 2 aromatic rings. The van der Waals surface area contributed by atoms with Gasteiger partial charge in [-0.05, 0) is 23.9 Å². The summed E-state index contributed by atoms with van der Waals surface area (Å²) in [5.74, 6) is 0.212. The number of pyridine rings is 2. The lowest BCUT2D eigenvalue weighted by molar-refractivity contribution is -0.645. The SMILES string of the molecule is [O-][n+]1ccccc1SCc1ncc(C(F)(F)F)cc1Cl. The van der Waals surface area contributed by atoms with Crippen LogP contribution in [0.2, 0.25) is 5.02 Å². The highest BCUT2D eigenvalue weighted by molar-refractivity contribution is 7.98. The highest BCUT2D eigenvalue weighted by Gasteiger charge is 2.31. The summed E-state index contributed by atoms with van der Waals surface area (Å²) in [6.45, 7) is 0. The predicted molar refractivity (Wildman–Crippen MR) is 69.2 cm³/mol. The summed E-state index contributed by atoms with van der Waals surface area (Å²) in [6.07, 6.45) is -2.40. The Morgan fingerprint density at radius 1 is 1.35 bits per heavy atom. The third kappa shape index (κ3) is 3.55. The molecule has 0 aliphatic heterocycles. The van der Waals surface area contributed by atoms with Gasteiger partial charge in [0, 0.05) is 24.1 Å². The van der Waals surface area contributed by atoms with Gasteiger partial charge in [0.2, 0.25) is 0 Å². The Morgan fingerprint density at radius 3 is 2.70 bits per heavy atom. The largest absolute Gasteiger partial charge is 0.618 e. The Kier molecular flexibility index (Phi) is 4.39. The van der Waals surface area contributed by atoms with Crippen molar-refractivity contribution in [1.82, 2.24) is 4.98 Å². The highest BCUT2D eigenvalue weighted by Crippen LogP contribution is 2.32. The van der Waals surface area contributed by atoms with Crippen LogP contribution in [0.3, 0.4) is 0 Å². The third-order valence-corrected chi connectivity index (χ3v) is 3.75. The molecule has 20 heavy (non-hydrogen) atoms. The molecule has 2 rings (SSSR count). The van der Waals surface area contributed by atoms with Gasteiger partial charge in [-0.15, -0.1) is 0 Å². The number of thioether (sulfide) groups is 1.